The number of carboxylic acid groups (broad SMARTS) is 1. The van der Waals surface area contributed by atoms with Crippen molar-refractivity contribution >= 4 is 11.9 Å². The Hall–Kier alpha value is -2.50. The van der Waals surface area contributed by atoms with Gasteiger partial charge in [0, 0.05) is 6.54 Å². The third-order valence-electron chi connectivity index (χ3n) is 4.95. The summed E-state index contributed by atoms with van der Waals surface area (Å²) >= 11 is 0. The van der Waals surface area contributed by atoms with E-state index in [1.165, 1.54) is 0 Å². The lowest BCUT2D eigenvalue weighted by Crippen LogP contribution is -2.39. The Balaban J connectivity index is 1.44. The number of hydrogen-bond donors (Lipinski definition) is 2. The molecule has 4 rings (SSSR count). The molecule has 6 nitrogen and oxygen atoms in total. The third-order valence-corrected chi connectivity index (χ3v) is 4.95. The number of nitrogens with one attached hydrogen (secondary N) is 1. The first-order chi connectivity index (χ1) is 11.1. The van der Waals surface area contributed by atoms with E-state index in [-0.39, 0.29) is 24.5 Å². The summed E-state index contributed by atoms with van der Waals surface area (Å²) in [7, 11) is 0. The van der Waals surface area contributed by atoms with Crippen LogP contribution in [0.5, 0.6) is 11.5 Å². The fourth-order valence-electron chi connectivity index (χ4n) is 3.87. The van der Waals surface area contributed by atoms with Gasteiger partial charge < -0.3 is 19.9 Å². The van der Waals surface area contributed by atoms with E-state index < -0.39 is 17.8 Å². The normalized spacial score (nSPS) is 29.7. The lowest BCUT2D eigenvalue weighted by molar-refractivity contribution is -0.147. The number of ether oxygens (including phenoxy) is 2. The maximum Gasteiger partial charge on any atom is 0.307 e. The summed E-state index contributed by atoms with van der Waals surface area (Å²) < 4.78 is 10.6. The van der Waals surface area contributed by atoms with E-state index in [9.17, 15) is 14.7 Å². The van der Waals surface area contributed by atoms with Crippen LogP contribution in [0.2, 0.25) is 0 Å². The predicted octanol–water partition coefficient (Wildman–Crippen LogP) is 1.55. The Bertz CT molecular complexity index is 698. The van der Waals surface area contributed by atoms with E-state index >= 15 is 0 Å². The summed E-state index contributed by atoms with van der Waals surface area (Å²) in [5.74, 6) is -0.765. The molecule has 3 aliphatic rings. The summed E-state index contributed by atoms with van der Waals surface area (Å²) in [6, 6.07) is 5.51. The van der Waals surface area contributed by atoms with Gasteiger partial charge in [0.2, 0.25) is 12.7 Å². The van der Waals surface area contributed by atoms with Crippen LogP contribution in [-0.4, -0.2) is 23.8 Å². The van der Waals surface area contributed by atoms with Gasteiger partial charge in [-0.25, -0.2) is 0 Å². The molecule has 2 aliphatic carbocycles. The Kier molecular flexibility index (Phi) is 3.25. The summed E-state index contributed by atoms with van der Waals surface area (Å²) in [6.07, 6.45) is 4.68. The van der Waals surface area contributed by atoms with E-state index in [0.717, 1.165) is 12.0 Å². The van der Waals surface area contributed by atoms with E-state index in [1.807, 2.05) is 30.4 Å². The largest absolute Gasteiger partial charge is 0.481 e. The van der Waals surface area contributed by atoms with Crippen molar-refractivity contribution in [3.05, 3.63) is 35.9 Å². The lowest BCUT2D eigenvalue weighted by Gasteiger charge is -2.23. The van der Waals surface area contributed by atoms with Crippen molar-refractivity contribution in [1.82, 2.24) is 5.32 Å². The predicted molar refractivity (Wildman–Crippen MR) is 79.8 cm³/mol. The van der Waals surface area contributed by atoms with Crippen molar-refractivity contribution in [1.29, 1.82) is 0 Å². The second-order valence-electron chi connectivity index (χ2n) is 6.24. The number of hydrogen-bond acceptors (Lipinski definition) is 4. The maximum atomic E-state index is 12.5. The van der Waals surface area contributed by atoms with Gasteiger partial charge in [-0.05, 0) is 36.0 Å². The molecule has 1 aromatic rings. The van der Waals surface area contributed by atoms with Crippen LogP contribution in [0.4, 0.5) is 0 Å². The van der Waals surface area contributed by atoms with Crippen LogP contribution >= 0.6 is 0 Å². The quantitative estimate of drug-likeness (QED) is 0.824. The molecule has 0 unspecified atom stereocenters. The molecule has 0 radical (unpaired) electrons. The first-order valence-corrected chi connectivity index (χ1v) is 7.71. The van der Waals surface area contributed by atoms with Crippen LogP contribution in [-0.2, 0) is 16.1 Å². The molecule has 0 spiro atoms. The van der Waals surface area contributed by atoms with Crippen molar-refractivity contribution < 1.29 is 24.2 Å². The van der Waals surface area contributed by atoms with Crippen molar-refractivity contribution in [2.24, 2.45) is 23.7 Å². The van der Waals surface area contributed by atoms with Gasteiger partial charge >= 0.3 is 5.97 Å². The van der Waals surface area contributed by atoms with E-state index in [2.05, 4.69) is 5.32 Å². The number of fused-ring (bicyclic) bond motifs is 3. The van der Waals surface area contributed by atoms with Gasteiger partial charge in [0.1, 0.15) is 0 Å². The average molecular weight is 315 g/mol. The molecule has 4 atom stereocenters. The second kappa shape index (κ2) is 5.30. The topological polar surface area (TPSA) is 84.9 Å². The average Bonchev–Trinajstić information content (AvgIpc) is 3.25. The van der Waals surface area contributed by atoms with E-state index in [1.54, 1.807) is 0 Å². The maximum absolute atomic E-state index is 12.5. The zero-order valence-electron chi connectivity index (χ0n) is 12.4. The van der Waals surface area contributed by atoms with Crippen LogP contribution in [0, 0.1) is 23.7 Å². The number of carbonyl (C=O) groups is 2. The van der Waals surface area contributed by atoms with Crippen LogP contribution < -0.4 is 14.8 Å². The molecule has 1 saturated carbocycles. The molecule has 120 valence electrons. The van der Waals surface area contributed by atoms with Crippen molar-refractivity contribution in [2.75, 3.05) is 6.79 Å². The monoisotopic (exact) mass is 315 g/mol. The first kappa shape index (κ1) is 14.1. The summed E-state index contributed by atoms with van der Waals surface area (Å²) in [5, 5.41) is 12.3. The van der Waals surface area contributed by atoms with Crippen LogP contribution in [0.15, 0.2) is 30.4 Å². The molecule has 1 amide bonds. The van der Waals surface area contributed by atoms with Gasteiger partial charge in [-0.2, -0.15) is 0 Å². The number of carbonyl (C=O) groups excluding carboxylic acids is 1. The molecular weight excluding hydrogens is 298 g/mol. The molecule has 1 aromatic carbocycles. The Morgan fingerprint density at radius 3 is 2.65 bits per heavy atom. The number of allylic oxidation sites excluding steroid dienone is 2. The minimum atomic E-state index is -0.884. The molecule has 1 heterocycles. The fourth-order valence-corrected chi connectivity index (χ4v) is 3.87. The van der Waals surface area contributed by atoms with Gasteiger partial charge in [-0.3, -0.25) is 9.59 Å². The number of amides is 1. The van der Waals surface area contributed by atoms with Crippen molar-refractivity contribution in [3.63, 3.8) is 0 Å². The summed E-state index contributed by atoms with van der Waals surface area (Å²) in [6.45, 7) is 0.558. The third kappa shape index (κ3) is 2.34. The van der Waals surface area contributed by atoms with Crippen molar-refractivity contribution in [2.45, 2.75) is 13.0 Å². The highest BCUT2D eigenvalue weighted by molar-refractivity contribution is 5.86. The van der Waals surface area contributed by atoms with E-state index in [4.69, 9.17) is 9.47 Å². The van der Waals surface area contributed by atoms with Crippen LogP contribution in [0.25, 0.3) is 0 Å². The second-order valence-corrected chi connectivity index (χ2v) is 6.24. The zero-order chi connectivity index (χ0) is 16.0. The highest BCUT2D eigenvalue weighted by atomic mass is 16.7. The van der Waals surface area contributed by atoms with Crippen LogP contribution in [0.3, 0.4) is 0 Å². The van der Waals surface area contributed by atoms with Gasteiger partial charge in [-0.15, -0.1) is 0 Å². The molecule has 2 bridgehead atoms. The summed E-state index contributed by atoms with van der Waals surface area (Å²) in [4.78, 5) is 24.0. The molecule has 0 saturated heterocycles. The lowest BCUT2D eigenvalue weighted by atomic mass is 9.82. The Morgan fingerprint density at radius 2 is 1.87 bits per heavy atom. The van der Waals surface area contributed by atoms with Crippen molar-refractivity contribution in [3.8, 4) is 11.5 Å². The number of aliphatic carboxylic acids is 1. The van der Waals surface area contributed by atoms with Gasteiger partial charge in [0.05, 0.1) is 11.8 Å². The smallest absolute Gasteiger partial charge is 0.307 e. The first-order valence-electron chi connectivity index (χ1n) is 7.71. The molecule has 2 N–H and O–H groups in total. The molecular formula is C17H17NO5. The molecule has 6 heteroatoms. The molecule has 23 heavy (non-hydrogen) atoms. The number of carboxylic acids is 1. The van der Waals surface area contributed by atoms with E-state index in [0.29, 0.717) is 18.0 Å². The fraction of sp³-hybridized carbons (Fsp3) is 0.412. The number of benzene rings is 1. The van der Waals surface area contributed by atoms with Gasteiger partial charge in [0.25, 0.3) is 0 Å². The SMILES string of the molecule is O=C(O)[C@H]1[C@H](C(=O)NCc2ccc3c(c2)OCO3)[C@H]2C=C[C@H]1C2. The minimum absolute atomic E-state index is 0.0150. The highest BCUT2D eigenvalue weighted by Gasteiger charge is 2.51. The standard InChI is InChI=1S/C17H17NO5/c19-16(14-10-2-3-11(6-10)15(14)17(20)21)18-7-9-1-4-12-13(5-9)23-8-22-12/h1-5,10-11,14-15H,6-8H2,(H,18,19)(H,20,21)/t10-,11-,14+,15+/m0/s1. The minimum Gasteiger partial charge on any atom is -0.481 e. The summed E-state index contributed by atoms with van der Waals surface area (Å²) in [5.41, 5.74) is 0.896. The van der Waals surface area contributed by atoms with Gasteiger partial charge in [-0.1, -0.05) is 18.2 Å². The highest BCUT2D eigenvalue weighted by Crippen LogP contribution is 2.48. The Morgan fingerprint density at radius 1 is 1.13 bits per heavy atom. The van der Waals surface area contributed by atoms with Crippen LogP contribution in [0.1, 0.15) is 12.0 Å². The van der Waals surface area contributed by atoms with Gasteiger partial charge in [0.15, 0.2) is 11.5 Å². The molecule has 0 aromatic heterocycles. The Labute approximate surface area is 133 Å². The zero-order valence-corrected chi connectivity index (χ0v) is 12.4. The molecule has 1 aliphatic heterocycles. The number of rotatable bonds is 4. The molecule has 1 fully saturated rings.